The van der Waals surface area contributed by atoms with Gasteiger partial charge in [0.1, 0.15) is 12.4 Å². The predicted octanol–water partition coefficient (Wildman–Crippen LogP) is 2.67. The highest BCUT2D eigenvalue weighted by molar-refractivity contribution is 7.99. The number of para-hydroxylation sites is 1. The van der Waals surface area contributed by atoms with Gasteiger partial charge in [-0.2, -0.15) is 11.8 Å². The number of aliphatic imine (C=N–C) groups is 1. The second-order valence-electron chi connectivity index (χ2n) is 4.56. The van der Waals surface area contributed by atoms with Crippen molar-refractivity contribution in [1.82, 2.24) is 10.6 Å². The van der Waals surface area contributed by atoms with E-state index in [1.165, 1.54) is 0 Å². The molecule has 0 radical (unpaired) electrons. The minimum absolute atomic E-state index is 0.509. The molecule has 21 heavy (non-hydrogen) atoms. The first kappa shape index (κ1) is 17.4. The van der Waals surface area contributed by atoms with Crippen LogP contribution in [0.4, 0.5) is 0 Å². The minimum atomic E-state index is 0.509. The highest BCUT2D eigenvalue weighted by Gasteiger charge is 2.05. The molecule has 1 aromatic carbocycles. The zero-order valence-electron chi connectivity index (χ0n) is 13.1. The lowest BCUT2D eigenvalue weighted by Gasteiger charge is -2.16. The van der Waals surface area contributed by atoms with Gasteiger partial charge in [-0.15, -0.1) is 0 Å². The Morgan fingerprint density at radius 2 is 2.19 bits per heavy atom. The van der Waals surface area contributed by atoms with Gasteiger partial charge in [0.2, 0.25) is 0 Å². The summed E-state index contributed by atoms with van der Waals surface area (Å²) < 4.78 is 5.65. The van der Waals surface area contributed by atoms with Gasteiger partial charge in [-0.3, -0.25) is 4.99 Å². The Hall–Kier alpha value is -1.62. The summed E-state index contributed by atoms with van der Waals surface area (Å²) in [4.78, 5) is 4.23. The average Bonchev–Trinajstić information content (AvgIpc) is 2.53. The SMILES string of the molecule is C=CCOc1ccccc1CNC(=NC)NCC(C)SC. The number of guanidine groups is 1. The Morgan fingerprint density at radius 3 is 2.86 bits per heavy atom. The van der Waals surface area contributed by atoms with Crippen molar-refractivity contribution < 1.29 is 4.74 Å². The summed E-state index contributed by atoms with van der Waals surface area (Å²) in [7, 11) is 1.78. The van der Waals surface area contributed by atoms with E-state index in [2.05, 4.69) is 35.4 Å². The first-order valence-electron chi connectivity index (χ1n) is 7.00. The van der Waals surface area contributed by atoms with Gasteiger partial charge < -0.3 is 15.4 Å². The highest BCUT2D eigenvalue weighted by atomic mass is 32.2. The lowest BCUT2D eigenvalue weighted by molar-refractivity contribution is 0.358. The zero-order chi connectivity index (χ0) is 15.5. The number of hydrogen-bond acceptors (Lipinski definition) is 3. The van der Waals surface area contributed by atoms with Crippen molar-refractivity contribution in [1.29, 1.82) is 0 Å². The van der Waals surface area contributed by atoms with Crippen LogP contribution in [0.25, 0.3) is 0 Å². The quantitative estimate of drug-likeness (QED) is 0.440. The van der Waals surface area contributed by atoms with Gasteiger partial charge in [-0.25, -0.2) is 0 Å². The van der Waals surface area contributed by atoms with Crippen molar-refractivity contribution in [3.63, 3.8) is 0 Å². The number of hydrogen-bond donors (Lipinski definition) is 2. The minimum Gasteiger partial charge on any atom is -0.489 e. The monoisotopic (exact) mass is 307 g/mol. The van der Waals surface area contributed by atoms with E-state index in [0.717, 1.165) is 23.8 Å². The predicted molar refractivity (Wildman–Crippen MR) is 93.3 cm³/mol. The molecule has 0 fully saturated rings. The maximum atomic E-state index is 5.65. The summed E-state index contributed by atoms with van der Waals surface area (Å²) in [5, 5.41) is 7.17. The molecular weight excluding hydrogens is 282 g/mol. The summed E-state index contributed by atoms with van der Waals surface area (Å²) in [6.07, 6.45) is 3.85. The van der Waals surface area contributed by atoms with Gasteiger partial charge >= 0.3 is 0 Å². The van der Waals surface area contributed by atoms with Gasteiger partial charge in [0.05, 0.1) is 0 Å². The molecule has 1 unspecified atom stereocenters. The summed E-state index contributed by atoms with van der Waals surface area (Å²) in [5.41, 5.74) is 1.10. The molecule has 0 aliphatic carbocycles. The second kappa shape index (κ2) is 10.2. The molecule has 1 aromatic rings. The summed E-state index contributed by atoms with van der Waals surface area (Å²) in [6.45, 7) is 7.91. The molecule has 0 spiro atoms. The first-order valence-corrected chi connectivity index (χ1v) is 8.29. The Bertz CT molecular complexity index is 463. The third-order valence-electron chi connectivity index (χ3n) is 2.96. The lowest BCUT2D eigenvalue weighted by Crippen LogP contribution is -2.39. The third kappa shape index (κ3) is 6.58. The molecule has 0 saturated carbocycles. The standard InChI is InChI=1S/C16H25N3OS/c1-5-10-20-15-9-7-6-8-14(15)12-19-16(17-3)18-11-13(2)21-4/h5-9,13H,1,10-12H2,2-4H3,(H2,17,18,19). The van der Waals surface area contributed by atoms with Crippen LogP contribution < -0.4 is 15.4 Å². The lowest BCUT2D eigenvalue weighted by atomic mass is 10.2. The van der Waals surface area contributed by atoms with Crippen LogP contribution in [0.1, 0.15) is 12.5 Å². The third-order valence-corrected chi connectivity index (χ3v) is 3.93. The molecule has 0 aromatic heterocycles. The number of nitrogens with one attached hydrogen (secondary N) is 2. The van der Waals surface area contributed by atoms with Crippen LogP contribution in [0.3, 0.4) is 0 Å². The highest BCUT2D eigenvalue weighted by Crippen LogP contribution is 2.17. The number of benzene rings is 1. The van der Waals surface area contributed by atoms with E-state index in [1.807, 2.05) is 36.0 Å². The molecule has 0 aliphatic rings. The zero-order valence-corrected chi connectivity index (χ0v) is 13.9. The van der Waals surface area contributed by atoms with Crippen LogP contribution in [0.15, 0.2) is 41.9 Å². The van der Waals surface area contributed by atoms with Crippen LogP contribution in [0, 0.1) is 0 Å². The van der Waals surface area contributed by atoms with Crippen molar-refractivity contribution in [3.8, 4) is 5.75 Å². The van der Waals surface area contributed by atoms with E-state index in [9.17, 15) is 0 Å². The molecule has 0 amide bonds. The van der Waals surface area contributed by atoms with E-state index in [-0.39, 0.29) is 0 Å². The Kier molecular flexibility index (Phi) is 8.43. The molecule has 0 saturated heterocycles. The van der Waals surface area contributed by atoms with Crippen LogP contribution in [-0.4, -0.2) is 37.7 Å². The van der Waals surface area contributed by atoms with E-state index < -0.39 is 0 Å². The Labute approximate surface area is 132 Å². The summed E-state index contributed by atoms with van der Waals surface area (Å²) in [6, 6.07) is 7.98. The van der Waals surface area contributed by atoms with Crippen molar-refractivity contribution in [2.24, 2.45) is 4.99 Å². The van der Waals surface area contributed by atoms with Gasteiger partial charge in [0.15, 0.2) is 5.96 Å². The fraction of sp³-hybridized carbons (Fsp3) is 0.438. The topological polar surface area (TPSA) is 45.6 Å². The molecule has 1 atom stereocenters. The second-order valence-corrected chi connectivity index (χ2v) is 5.84. The van der Waals surface area contributed by atoms with Crippen molar-refractivity contribution in [2.45, 2.75) is 18.7 Å². The molecule has 0 aliphatic heterocycles. The molecule has 4 nitrogen and oxygen atoms in total. The fourth-order valence-corrected chi connectivity index (χ4v) is 1.91. The maximum Gasteiger partial charge on any atom is 0.191 e. The molecule has 1 rings (SSSR count). The first-order chi connectivity index (χ1) is 10.2. The molecule has 0 bridgehead atoms. The van der Waals surface area contributed by atoms with Crippen LogP contribution in [0.2, 0.25) is 0 Å². The largest absolute Gasteiger partial charge is 0.489 e. The summed E-state index contributed by atoms with van der Waals surface area (Å²) in [5.74, 6) is 1.67. The van der Waals surface area contributed by atoms with E-state index in [1.54, 1.807) is 13.1 Å². The Morgan fingerprint density at radius 1 is 1.43 bits per heavy atom. The van der Waals surface area contributed by atoms with Crippen LogP contribution in [0.5, 0.6) is 5.75 Å². The molecule has 5 heteroatoms. The van der Waals surface area contributed by atoms with E-state index in [4.69, 9.17) is 4.74 Å². The molecule has 116 valence electrons. The molecular formula is C16H25N3OS. The van der Waals surface area contributed by atoms with Gasteiger partial charge in [0, 0.05) is 31.0 Å². The normalized spacial score (nSPS) is 12.6. The summed E-state index contributed by atoms with van der Waals surface area (Å²) >= 11 is 1.83. The van der Waals surface area contributed by atoms with E-state index in [0.29, 0.717) is 18.4 Å². The molecule has 0 heterocycles. The maximum absolute atomic E-state index is 5.65. The number of ether oxygens (including phenoxy) is 1. The average molecular weight is 307 g/mol. The van der Waals surface area contributed by atoms with Gasteiger partial charge in [0.25, 0.3) is 0 Å². The van der Waals surface area contributed by atoms with Crippen LogP contribution in [-0.2, 0) is 6.54 Å². The van der Waals surface area contributed by atoms with Crippen molar-refractivity contribution in [3.05, 3.63) is 42.5 Å². The van der Waals surface area contributed by atoms with Crippen LogP contribution >= 0.6 is 11.8 Å². The van der Waals surface area contributed by atoms with Gasteiger partial charge in [-0.05, 0) is 12.3 Å². The molecule has 2 N–H and O–H groups in total. The smallest absolute Gasteiger partial charge is 0.191 e. The van der Waals surface area contributed by atoms with Gasteiger partial charge in [-0.1, -0.05) is 37.8 Å². The van der Waals surface area contributed by atoms with Crippen molar-refractivity contribution >= 4 is 17.7 Å². The van der Waals surface area contributed by atoms with Crippen molar-refractivity contribution in [2.75, 3.05) is 26.5 Å². The number of nitrogens with zero attached hydrogens (tertiary/aromatic N) is 1. The number of rotatable bonds is 8. The Balaban J connectivity index is 2.54. The number of thioether (sulfide) groups is 1. The van der Waals surface area contributed by atoms with E-state index >= 15 is 0 Å². The fourth-order valence-electron chi connectivity index (χ4n) is 1.66.